The van der Waals surface area contributed by atoms with E-state index >= 15 is 0 Å². The van der Waals surface area contributed by atoms with E-state index in [1.807, 2.05) is 0 Å². The van der Waals surface area contributed by atoms with E-state index in [-0.39, 0.29) is 50.7 Å². The van der Waals surface area contributed by atoms with E-state index in [1.54, 1.807) is 10.4 Å². The topological polar surface area (TPSA) is 0 Å². The SMILES string of the molecule is C[Si](C)(C)C1=CC[C-]=C1CC1=[C-]CC=C1[Si](C)(C)C.[Cl-].[Cl-].[Hf+4]. The summed E-state index contributed by atoms with van der Waals surface area (Å²) in [5, 5.41) is 3.26. The van der Waals surface area contributed by atoms with Crippen molar-refractivity contribution >= 4 is 16.1 Å². The fourth-order valence-electron chi connectivity index (χ4n) is 3.00. The van der Waals surface area contributed by atoms with Gasteiger partial charge in [-0.15, -0.1) is 12.8 Å². The standard InChI is InChI=1S/C17H26Si2.2ClH.Hf/c1-18(2,3)16-11-7-9-14(16)13-15-10-8-12-17(15)19(4,5)6;;;/h11-12H,7-8,13H2,1-6H3;2*1H;/q-2;;;+4/p-2. The first-order valence-electron chi connectivity index (χ1n) is 7.31. The van der Waals surface area contributed by atoms with Crippen LogP contribution in [0, 0.1) is 12.2 Å². The van der Waals surface area contributed by atoms with Crippen molar-refractivity contribution in [1.29, 1.82) is 0 Å². The largest absolute Gasteiger partial charge is 4.00 e. The smallest absolute Gasteiger partial charge is 1.00 e. The van der Waals surface area contributed by atoms with Crippen LogP contribution in [0.5, 0.6) is 0 Å². The monoisotopic (exact) mass is 536 g/mol. The van der Waals surface area contributed by atoms with Crippen LogP contribution in [-0.4, -0.2) is 16.1 Å². The fraction of sp³-hybridized carbons (Fsp3) is 0.529. The Morgan fingerprint density at radius 1 is 0.773 bits per heavy atom. The van der Waals surface area contributed by atoms with Crippen LogP contribution in [0.3, 0.4) is 0 Å². The molecule has 0 N–H and O–H groups in total. The Bertz CT molecular complexity index is 458. The molecule has 2 aliphatic carbocycles. The Morgan fingerprint density at radius 2 is 1.09 bits per heavy atom. The molecule has 0 atom stereocenters. The molecule has 0 aromatic heterocycles. The average molecular weight is 536 g/mol. The molecular formula is C17H26Cl2HfSi2. The molecule has 0 spiro atoms. The quantitative estimate of drug-likeness (QED) is 0.329. The molecule has 0 radical (unpaired) electrons. The van der Waals surface area contributed by atoms with E-state index in [4.69, 9.17) is 0 Å². The van der Waals surface area contributed by atoms with Crippen LogP contribution in [0.15, 0.2) is 33.7 Å². The van der Waals surface area contributed by atoms with Gasteiger partial charge in [0.2, 0.25) is 0 Å². The van der Waals surface area contributed by atoms with Crippen molar-refractivity contribution in [2.45, 2.75) is 58.5 Å². The molecule has 0 nitrogen and oxygen atoms in total. The molecule has 0 saturated carbocycles. The zero-order valence-electron chi connectivity index (χ0n) is 14.5. The van der Waals surface area contributed by atoms with Crippen LogP contribution in [-0.2, 0) is 25.8 Å². The molecule has 0 heterocycles. The predicted octanol–water partition coefficient (Wildman–Crippen LogP) is -0.744. The fourth-order valence-corrected chi connectivity index (χ4v) is 6.59. The Balaban J connectivity index is 0. The van der Waals surface area contributed by atoms with E-state index in [1.165, 1.54) is 11.1 Å². The van der Waals surface area contributed by atoms with E-state index in [0.29, 0.717) is 0 Å². The third-order valence-electron chi connectivity index (χ3n) is 3.86. The van der Waals surface area contributed by atoms with Crippen molar-refractivity contribution in [3.8, 4) is 0 Å². The minimum Gasteiger partial charge on any atom is -1.00 e. The van der Waals surface area contributed by atoms with Crippen molar-refractivity contribution < 1.29 is 50.7 Å². The number of allylic oxidation sites excluding steroid dienone is 8. The molecule has 22 heavy (non-hydrogen) atoms. The summed E-state index contributed by atoms with van der Waals surface area (Å²) in [7, 11) is -2.43. The molecule has 0 fully saturated rings. The third kappa shape index (κ3) is 6.05. The molecule has 0 unspecified atom stereocenters. The second-order valence-electron chi connectivity index (χ2n) is 7.63. The van der Waals surface area contributed by atoms with Crippen LogP contribution in [0.1, 0.15) is 19.3 Å². The van der Waals surface area contributed by atoms with Gasteiger partial charge in [-0.3, -0.25) is 12.2 Å². The van der Waals surface area contributed by atoms with Crippen molar-refractivity contribution in [3.63, 3.8) is 0 Å². The molecule has 2 aliphatic rings. The normalized spacial score (nSPS) is 17.4. The van der Waals surface area contributed by atoms with Gasteiger partial charge < -0.3 is 24.8 Å². The number of halogens is 2. The summed E-state index contributed by atoms with van der Waals surface area (Å²) >= 11 is 0. The summed E-state index contributed by atoms with van der Waals surface area (Å²) in [4.78, 5) is 0. The van der Waals surface area contributed by atoms with Crippen LogP contribution in [0.4, 0.5) is 0 Å². The van der Waals surface area contributed by atoms with Gasteiger partial charge in [0, 0.05) is 0 Å². The molecule has 0 bridgehead atoms. The first kappa shape index (κ1) is 25.1. The zero-order valence-corrected chi connectivity index (χ0v) is 21.6. The first-order chi connectivity index (χ1) is 8.69. The van der Waals surface area contributed by atoms with Crippen LogP contribution in [0.2, 0.25) is 39.3 Å². The maximum atomic E-state index is 3.60. The van der Waals surface area contributed by atoms with Gasteiger partial charge in [0.05, 0.1) is 0 Å². The Hall–Kier alpha value is 0.844. The van der Waals surface area contributed by atoms with Gasteiger partial charge in [0.1, 0.15) is 0 Å². The molecule has 2 rings (SSSR count). The van der Waals surface area contributed by atoms with E-state index in [2.05, 4.69) is 63.6 Å². The third-order valence-corrected chi connectivity index (χ3v) is 8.11. The van der Waals surface area contributed by atoms with E-state index < -0.39 is 16.1 Å². The van der Waals surface area contributed by atoms with Crippen molar-refractivity contribution in [2.24, 2.45) is 0 Å². The minimum absolute atomic E-state index is 0. The van der Waals surface area contributed by atoms with E-state index in [0.717, 1.165) is 19.3 Å². The van der Waals surface area contributed by atoms with Crippen molar-refractivity contribution in [1.82, 2.24) is 0 Å². The van der Waals surface area contributed by atoms with Crippen molar-refractivity contribution in [3.05, 3.63) is 45.8 Å². The molecule has 0 saturated heterocycles. The van der Waals surface area contributed by atoms with Gasteiger partial charge in [-0.25, -0.2) is 21.5 Å². The molecule has 120 valence electrons. The summed E-state index contributed by atoms with van der Waals surface area (Å²) in [5.74, 6) is 0. The summed E-state index contributed by atoms with van der Waals surface area (Å²) in [5.41, 5.74) is 2.96. The molecule has 5 heteroatoms. The number of hydrogen-bond donors (Lipinski definition) is 0. The summed E-state index contributed by atoms with van der Waals surface area (Å²) in [6, 6.07) is 0. The average Bonchev–Trinajstić information content (AvgIpc) is 2.83. The van der Waals surface area contributed by atoms with Gasteiger partial charge in [-0.1, -0.05) is 45.7 Å². The van der Waals surface area contributed by atoms with Gasteiger partial charge >= 0.3 is 25.8 Å². The van der Waals surface area contributed by atoms with Gasteiger partial charge in [-0.05, 0) is 16.1 Å². The molecular weight excluding hydrogens is 510 g/mol. The van der Waals surface area contributed by atoms with Gasteiger partial charge in [0.15, 0.2) is 0 Å². The molecule has 0 aromatic rings. The summed E-state index contributed by atoms with van der Waals surface area (Å²) < 4.78 is 0. The Morgan fingerprint density at radius 3 is 1.36 bits per heavy atom. The Labute approximate surface area is 170 Å². The van der Waals surface area contributed by atoms with Crippen LogP contribution in [0.25, 0.3) is 0 Å². The number of rotatable bonds is 4. The van der Waals surface area contributed by atoms with Gasteiger partial charge in [0.25, 0.3) is 0 Å². The maximum Gasteiger partial charge on any atom is 4.00 e. The maximum absolute atomic E-state index is 3.60. The molecule has 0 aromatic carbocycles. The van der Waals surface area contributed by atoms with Crippen molar-refractivity contribution in [2.75, 3.05) is 0 Å². The van der Waals surface area contributed by atoms with E-state index in [9.17, 15) is 0 Å². The second kappa shape index (κ2) is 9.36. The second-order valence-corrected chi connectivity index (χ2v) is 17.7. The minimum atomic E-state index is -1.21. The molecule has 0 aliphatic heterocycles. The summed E-state index contributed by atoms with van der Waals surface area (Å²) in [6.45, 7) is 14.6. The summed E-state index contributed by atoms with van der Waals surface area (Å²) in [6.07, 6.45) is 15.1. The first-order valence-corrected chi connectivity index (χ1v) is 14.3. The van der Waals surface area contributed by atoms with Crippen LogP contribution < -0.4 is 24.8 Å². The van der Waals surface area contributed by atoms with Crippen LogP contribution >= 0.6 is 0 Å². The number of hydrogen-bond acceptors (Lipinski definition) is 0. The Kier molecular flexibility index (Phi) is 10.7. The predicted molar refractivity (Wildman–Crippen MR) is 90.2 cm³/mol. The molecule has 0 amide bonds. The van der Waals surface area contributed by atoms with Gasteiger partial charge in [-0.2, -0.15) is 12.2 Å². The zero-order chi connectivity index (χ0) is 14.3.